The number of piperazine rings is 1. The van der Waals surface area contributed by atoms with E-state index in [4.69, 9.17) is 4.52 Å². The zero-order chi connectivity index (χ0) is 26.4. The highest BCUT2D eigenvalue weighted by Crippen LogP contribution is 2.32. The second-order valence-corrected chi connectivity index (χ2v) is 8.81. The van der Waals surface area contributed by atoms with E-state index in [-0.39, 0.29) is 17.8 Å². The SMILES string of the molecule is Cc1oncc1C(=O)N1CCN(c2ccnc(-c3cnc4ccc(C(F)(F)F)cn34)n2)C[C@@H]1c1cn[nH]c1. The summed E-state index contributed by atoms with van der Waals surface area (Å²) in [7, 11) is 0. The van der Waals surface area contributed by atoms with Gasteiger partial charge in [0.15, 0.2) is 5.82 Å². The minimum atomic E-state index is -4.50. The number of H-pyrrole nitrogens is 1. The summed E-state index contributed by atoms with van der Waals surface area (Å²) < 4.78 is 46.3. The number of imidazole rings is 1. The van der Waals surface area contributed by atoms with Crippen LogP contribution in [-0.4, -0.2) is 65.1 Å². The number of aromatic nitrogens is 7. The molecule has 6 rings (SSSR count). The first-order valence-corrected chi connectivity index (χ1v) is 11.6. The van der Waals surface area contributed by atoms with Crippen LogP contribution in [0.25, 0.3) is 17.2 Å². The molecule has 0 spiro atoms. The van der Waals surface area contributed by atoms with Gasteiger partial charge in [0, 0.05) is 43.8 Å². The van der Waals surface area contributed by atoms with Crippen molar-refractivity contribution < 1.29 is 22.5 Å². The number of alkyl halides is 3. The molecule has 11 nitrogen and oxygen atoms in total. The predicted molar refractivity (Wildman–Crippen MR) is 127 cm³/mol. The van der Waals surface area contributed by atoms with E-state index in [0.29, 0.717) is 48.1 Å². The molecule has 1 amide bonds. The van der Waals surface area contributed by atoms with E-state index >= 15 is 0 Å². The van der Waals surface area contributed by atoms with Gasteiger partial charge in [-0.3, -0.25) is 14.3 Å². The molecule has 14 heteroatoms. The molecule has 1 N–H and O–H groups in total. The Hall–Kier alpha value is -4.75. The third kappa shape index (κ3) is 4.13. The highest BCUT2D eigenvalue weighted by molar-refractivity contribution is 5.95. The Morgan fingerprint density at radius 2 is 2.00 bits per heavy atom. The van der Waals surface area contributed by atoms with Crippen LogP contribution in [0.3, 0.4) is 0 Å². The van der Waals surface area contributed by atoms with Crippen LogP contribution in [0.4, 0.5) is 19.0 Å². The van der Waals surface area contributed by atoms with Gasteiger partial charge in [-0.1, -0.05) is 5.16 Å². The molecule has 1 saturated heterocycles. The topological polar surface area (TPSA) is 121 Å². The molecule has 0 radical (unpaired) electrons. The van der Waals surface area contributed by atoms with Gasteiger partial charge < -0.3 is 14.3 Å². The number of nitrogens with zero attached hydrogens (tertiary/aromatic N) is 8. The zero-order valence-electron chi connectivity index (χ0n) is 19.9. The number of carbonyl (C=O) groups is 1. The van der Waals surface area contributed by atoms with E-state index in [2.05, 4.69) is 30.3 Å². The average Bonchev–Trinajstić information content (AvgIpc) is 3.68. The Bertz CT molecular complexity index is 1610. The highest BCUT2D eigenvalue weighted by Gasteiger charge is 2.35. The van der Waals surface area contributed by atoms with E-state index in [1.165, 1.54) is 22.9 Å². The maximum Gasteiger partial charge on any atom is 0.417 e. The van der Waals surface area contributed by atoms with E-state index in [1.807, 2.05) is 4.90 Å². The Balaban J connectivity index is 1.32. The Morgan fingerprint density at radius 1 is 1.13 bits per heavy atom. The quantitative estimate of drug-likeness (QED) is 0.380. The molecule has 1 atom stereocenters. The van der Waals surface area contributed by atoms with E-state index in [0.717, 1.165) is 17.8 Å². The second-order valence-electron chi connectivity index (χ2n) is 8.81. The standard InChI is InChI=1S/C24H20F3N9O2/c1-14-17(10-32-38-14)23(37)35-7-6-34(13-19(35)15-8-30-31-9-15)21-4-5-28-22(33-21)18-11-29-20-3-2-16(12-36(18)20)24(25,26)27/h2-5,8-12,19H,6-7,13H2,1H3,(H,30,31)/t19-/m1/s1. The minimum absolute atomic E-state index is 0.204. The van der Waals surface area contributed by atoms with Crippen LogP contribution in [-0.2, 0) is 6.18 Å². The lowest BCUT2D eigenvalue weighted by Gasteiger charge is -2.41. The van der Waals surface area contributed by atoms with E-state index < -0.39 is 11.7 Å². The van der Waals surface area contributed by atoms with Crippen molar-refractivity contribution in [1.29, 1.82) is 0 Å². The van der Waals surface area contributed by atoms with Gasteiger partial charge in [-0.25, -0.2) is 15.0 Å². The first-order valence-electron chi connectivity index (χ1n) is 11.6. The lowest BCUT2D eigenvalue weighted by molar-refractivity contribution is -0.137. The summed E-state index contributed by atoms with van der Waals surface area (Å²) in [6.45, 7) is 2.93. The molecule has 0 saturated carbocycles. The van der Waals surface area contributed by atoms with Gasteiger partial charge in [-0.2, -0.15) is 18.3 Å². The third-order valence-corrected chi connectivity index (χ3v) is 6.55. The molecule has 1 fully saturated rings. The summed E-state index contributed by atoms with van der Waals surface area (Å²) in [4.78, 5) is 30.2. The zero-order valence-corrected chi connectivity index (χ0v) is 19.9. The van der Waals surface area contributed by atoms with Crippen molar-refractivity contribution >= 4 is 17.4 Å². The predicted octanol–water partition coefficient (Wildman–Crippen LogP) is 3.53. The van der Waals surface area contributed by atoms with Crippen molar-refractivity contribution in [3.05, 3.63) is 77.8 Å². The number of halogens is 3. The van der Waals surface area contributed by atoms with Gasteiger partial charge in [-0.15, -0.1) is 0 Å². The molecule has 6 heterocycles. The number of rotatable bonds is 4. The number of hydrogen-bond acceptors (Lipinski definition) is 8. The van der Waals surface area contributed by atoms with Gasteiger partial charge >= 0.3 is 6.18 Å². The fourth-order valence-electron chi connectivity index (χ4n) is 4.58. The van der Waals surface area contributed by atoms with Gasteiger partial charge in [0.1, 0.15) is 28.5 Å². The lowest BCUT2D eigenvalue weighted by atomic mass is 10.0. The van der Waals surface area contributed by atoms with Gasteiger partial charge in [-0.05, 0) is 25.1 Å². The first kappa shape index (κ1) is 23.6. The number of carbonyl (C=O) groups excluding carboxylic acids is 1. The Labute approximate surface area is 212 Å². The normalized spacial score (nSPS) is 16.4. The van der Waals surface area contributed by atoms with Crippen molar-refractivity contribution in [2.75, 3.05) is 24.5 Å². The average molecular weight is 523 g/mol. The molecule has 5 aromatic rings. The molecule has 0 aliphatic carbocycles. The summed E-state index contributed by atoms with van der Waals surface area (Å²) in [5.74, 6) is 1.03. The van der Waals surface area contributed by atoms with Crippen LogP contribution in [0.5, 0.6) is 0 Å². The number of hydrogen-bond donors (Lipinski definition) is 1. The van der Waals surface area contributed by atoms with E-state index in [9.17, 15) is 18.0 Å². The third-order valence-electron chi connectivity index (χ3n) is 6.55. The van der Waals surface area contributed by atoms with E-state index in [1.54, 1.807) is 36.5 Å². The number of aromatic amines is 1. The number of fused-ring (bicyclic) bond motifs is 1. The summed E-state index contributed by atoms with van der Waals surface area (Å²) in [5, 5.41) is 10.6. The molecule has 5 aromatic heterocycles. The summed E-state index contributed by atoms with van der Waals surface area (Å²) in [6.07, 6.45) is 4.29. The van der Waals surface area contributed by atoms with Crippen molar-refractivity contribution in [3.63, 3.8) is 0 Å². The largest absolute Gasteiger partial charge is 0.417 e. The van der Waals surface area contributed by atoms with Gasteiger partial charge in [0.05, 0.1) is 30.2 Å². The molecule has 1 aliphatic heterocycles. The number of pyridine rings is 1. The second kappa shape index (κ2) is 8.97. The molecule has 0 unspecified atom stereocenters. The molecule has 0 aromatic carbocycles. The summed E-state index contributed by atoms with van der Waals surface area (Å²) >= 11 is 0. The Kier molecular flexibility index (Phi) is 5.58. The number of amides is 1. The molecular weight excluding hydrogens is 503 g/mol. The monoisotopic (exact) mass is 523 g/mol. The fraction of sp³-hybridized carbons (Fsp3) is 0.250. The first-order chi connectivity index (χ1) is 18.3. The van der Waals surface area contributed by atoms with Crippen LogP contribution in [0, 0.1) is 6.92 Å². The van der Waals surface area contributed by atoms with Gasteiger partial charge in [0.25, 0.3) is 5.91 Å². The maximum absolute atomic E-state index is 13.3. The van der Waals surface area contributed by atoms with Crippen LogP contribution in [0.2, 0.25) is 0 Å². The molecule has 1 aliphatic rings. The fourth-order valence-corrected chi connectivity index (χ4v) is 4.58. The molecule has 0 bridgehead atoms. The highest BCUT2D eigenvalue weighted by atomic mass is 19.4. The smallest absolute Gasteiger partial charge is 0.361 e. The maximum atomic E-state index is 13.3. The summed E-state index contributed by atoms with van der Waals surface area (Å²) in [6, 6.07) is 3.66. The van der Waals surface area contributed by atoms with Crippen LogP contribution in [0.1, 0.15) is 33.3 Å². The number of anilines is 1. The molecular formula is C24H20F3N9O2. The van der Waals surface area contributed by atoms with Crippen LogP contribution < -0.4 is 4.90 Å². The van der Waals surface area contributed by atoms with Crippen molar-refractivity contribution in [1.82, 2.24) is 39.6 Å². The van der Waals surface area contributed by atoms with Crippen LogP contribution in [0.15, 0.2) is 59.9 Å². The van der Waals surface area contributed by atoms with Crippen molar-refractivity contribution in [2.24, 2.45) is 0 Å². The number of nitrogens with one attached hydrogen (secondary N) is 1. The van der Waals surface area contributed by atoms with Gasteiger partial charge in [0.2, 0.25) is 0 Å². The van der Waals surface area contributed by atoms with Crippen LogP contribution >= 0.6 is 0 Å². The molecule has 38 heavy (non-hydrogen) atoms. The molecule has 194 valence electrons. The minimum Gasteiger partial charge on any atom is -0.361 e. The summed E-state index contributed by atoms with van der Waals surface area (Å²) in [5.41, 5.74) is 1.08. The van der Waals surface area contributed by atoms with Crippen molar-refractivity contribution in [3.8, 4) is 11.5 Å². The Morgan fingerprint density at radius 3 is 2.74 bits per heavy atom. The van der Waals surface area contributed by atoms with Crippen molar-refractivity contribution in [2.45, 2.75) is 19.1 Å². The number of aryl methyl sites for hydroxylation is 1. The lowest BCUT2D eigenvalue weighted by Crippen LogP contribution is -2.51.